The van der Waals surface area contributed by atoms with E-state index < -0.39 is 17.7 Å². The first-order valence-electron chi connectivity index (χ1n) is 8.21. The first kappa shape index (κ1) is 18.9. The van der Waals surface area contributed by atoms with Crippen molar-refractivity contribution in [2.45, 2.75) is 13.8 Å². The second kappa shape index (κ2) is 7.37. The van der Waals surface area contributed by atoms with Gasteiger partial charge in [0.05, 0.1) is 23.9 Å². The van der Waals surface area contributed by atoms with Crippen molar-refractivity contribution in [1.82, 2.24) is 0 Å². The van der Waals surface area contributed by atoms with Crippen molar-refractivity contribution in [2.24, 2.45) is 0 Å². The van der Waals surface area contributed by atoms with Crippen LogP contribution >= 0.6 is 11.6 Å². The van der Waals surface area contributed by atoms with E-state index in [1.54, 1.807) is 31.2 Å². The molecule has 0 saturated carbocycles. The first-order valence-corrected chi connectivity index (χ1v) is 8.58. The lowest BCUT2D eigenvalue weighted by molar-refractivity contribution is -0.136. The summed E-state index contributed by atoms with van der Waals surface area (Å²) in [6, 6.07) is 11.0. The van der Waals surface area contributed by atoms with Crippen LogP contribution in [-0.2, 0) is 14.3 Å². The van der Waals surface area contributed by atoms with Crippen LogP contribution in [0.25, 0.3) is 6.08 Å². The Morgan fingerprint density at radius 3 is 2.56 bits per heavy atom. The minimum absolute atomic E-state index is 0.140. The summed E-state index contributed by atoms with van der Waals surface area (Å²) in [7, 11) is 1.25. The summed E-state index contributed by atoms with van der Waals surface area (Å²) in [5.74, 6) is -1.47. The highest BCUT2D eigenvalue weighted by Gasteiger charge is 2.38. The highest BCUT2D eigenvalue weighted by atomic mass is 35.5. The number of halogens is 2. The molecule has 0 spiro atoms. The van der Waals surface area contributed by atoms with Crippen LogP contribution in [0, 0.1) is 12.7 Å². The average Bonchev–Trinajstić information content (AvgIpc) is 2.87. The number of ether oxygens (including phenoxy) is 1. The molecule has 0 aliphatic carbocycles. The zero-order chi connectivity index (χ0) is 19.7. The molecule has 138 valence electrons. The molecule has 4 nitrogen and oxygen atoms in total. The number of hydrogen-bond donors (Lipinski definition) is 0. The lowest BCUT2D eigenvalue weighted by Crippen LogP contribution is -2.24. The molecule has 0 atom stereocenters. The van der Waals surface area contributed by atoms with E-state index in [0.29, 0.717) is 22.0 Å². The maximum Gasteiger partial charge on any atom is 0.340 e. The van der Waals surface area contributed by atoms with E-state index in [9.17, 15) is 14.0 Å². The predicted octanol–water partition coefficient (Wildman–Crippen LogP) is 4.66. The van der Waals surface area contributed by atoms with Gasteiger partial charge in [-0.25, -0.2) is 9.18 Å². The summed E-state index contributed by atoms with van der Waals surface area (Å²) in [5.41, 5.74) is 2.59. The molecule has 2 aromatic carbocycles. The fourth-order valence-electron chi connectivity index (χ4n) is 2.97. The van der Waals surface area contributed by atoms with Gasteiger partial charge >= 0.3 is 5.97 Å². The summed E-state index contributed by atoms with van der Waals surface area (Å²) >= 11 is 6.20. The predicted molar refractivity (Wildman–Crippen MR) is 103 cm³/mol. The summed E-state index contributed by atoms with van der Waals surface area (Å²) in [4.78, 5) is 26.8. The van der Waals surface area contributed by atoms with E-state index in [0.717, 1.165) is 5.56 Å². The van der Waals surface area contributed by atoms with Crippen molar-refractivity contribution in [3.05, 3.63) is 81.3 Å². The third kappa shape index (κ3) is 3.51. The van der Waals surface area contributed by atoms with Crippen LogP contribution in [0.2, 0.25) is 5.02 Å². The average molecular weight is 386 g/mol. The van der Waals surface area contributed by atoms with Gasteiger partial charge in [-0.1, -0.05) is 29.8 Å². The Balaban J connectivity index is 2.15. The molecule has 0 saturated heterocycles. The number of anilines is 1. The van der Waals surface area contributed by atoms with E-state index >= 15 is 0 Å². The smallest absolute Gasteiger partial charge is 0.340 e. The van der Waals surface area contributed by atoms with Crippen LogP contribution in [0.1, 0.15) is 18.1 Å². The van der Waals surface area contributed by atoms with Gasteiger partial charge in [-0.2, -0.15) is 0 Å². The van der Waals surface area contributed by atoms with E-state index in [2.05, 4.69) is 0 Å². The molecular weight excluding hydrogens is 369 g/mol. The topological polar surface area (TPSA) is 46.6 Å². The Kier molecular flexibility index (Phi) is 5.15. The Bertz CT molecular complexity index is 1010. The lowest BCUT2D eigenvalue weighted by Gasteiger charge is -2.18. The number of carbonyl (C=O) groups is 2. The van der Waals surface area contributed by atoms with Crippen molar-refractivity contribution in [3.63, 3.8) is 0 Å². The van der Waals surface area contributed by atoms with Crippen molar-refractivity contribution < 1.29 is 18.7 Å². The van der Waals surface area contributed by atoms with Gasteiger partial charge in [-0.3, -0.25) is 9.69 Å². The van der Waals surface area contributed by atoms with Crippen LogP contribution in [0.4, 0.5) is 10.1 Å². The molecule has 27 heavy (non-hydrogen) atoms. The SMILES string of the molecule is COC(=O)C1=C(C)N(c2ccc(C)c(Cl)c2)C(=O)/C1=C\c1cccc(F)c1. The number of carbonyl (C=O) groups excluding carboxylic acids is 2. The Hall–Kier alpha value is -2.92. The molecule has 0 bridgehead atoms. The molecule has 0 fully saturated rings. The Labute approximate surface area is 161 Å². The zero-order valence-electron chi connectivity index (χ0n) is 15.0. The minimum Gasteiger partial charge on any atom is -0.465 e. The number of nitrogens with zero attached hydrogens (tertiary/aromatic N) is 1. The largest absolute Gasteiger partial charge is 0.465 e. The molecule has 3 rings (SSSR count). The van der Waals surface area contributed by atoms with E-state index in [1.165, 1.54) is 36.3 Å². The summed E-state index contributed by atoms with van der Waals surface area (Å²) in [6.07, 6.45) is 1.48. The lowest BCUT2D eigenvalue weighted by atomic mass is 10.0. The van der Waals surface area contributed by atoms with Crippen LogP contribution < -0.4 is 4.90 Å². The second-order valence-electron chi connectivity index (χ2n) is 6.14. The van der Waals surface area contributed by atoms with E-state index in [-0.39, 0.29) is 11.1 Å². The van der Waals surface area contributed by atoms with Crippen LogP contribution in [0.3, 0.4) is 0 Å². The molecule has 1 amide bonds. The van der Waals surface area contributed by atoms with Crippen LogP contribution in [0.5, 0.6) is 0 Å². The molecule has 0 N–H and O–H groups in total. The molecule has 0 radical (unpaired) electrons. The van der Waals surface area contributed by atoms with Gasteiger partial charge in [0.15, 0.2) is 0 Å². The van der Waals surface area contributed by atoms with Crippen molar-refractivity contribution in [1.29, 1.82) is 0 Å². The fourth-order valence-corrected chi connectivity index (χ4v) is 3.15. The number of hydrogen-bond acceptors (Lipinski definition) is 3. The van der Waals surface area contributed by atoms with Crippen molar-refractivity contribution in [2.75, 3.05) is 12.0 Å². The normalized spacial score (nSPS) is 15.7. The van der Waals surface area contributed by atoms with Gasteiger partial charge in [0.1, 0.15) is 5.82 Å². The standard InChI is InChI=1S/C21H17ClFNO3/c1-12-7-8-16(11-18(12)22)24-13(2)19(21(26)27-3)17(20(24)25)10-14-5-4-6-15(23)9-14/h4-11H,1-3H3/b17-10-. The van der Waals surface area contributed by atoms with Crippen molar-refractivity contribution in [3.8, 4) is 0 Å². The highest BCUT2D eigenvalue weighted by molar-refractivity contribution is 6.32. The molecule has 6 heteroatoms. The molecule has 0 unspecified atom stereocenters. The van der Waals surface area contributed by atoms with Crippen LogP contribution in [0.15, 0.2) is 59.3 Å². The molecule has 1 heterocycles. The Morgan fingerprint density at radius 1 is 1.19 bits per heavy atom. The highest BCUT2D eigenvalue weighted by Crippen LogP contribution is 2.36. The third-order valence-electron chi connectivity index (χ3n) is 4.36. The van der Waals surface area contributed by atoms with Crippen molar-refractivity contribution >= 4 is 35.2 Å². The van der Waals surface area contributed by atoms with Gasteiger partial charge < -0.3 is 4.74 Å². The number of amides is 1. The van der Waals surface area contributed by atoms with Gasteiger partial charge in [0.2, 0.25) is 0 Å². The summed E-state index contributed by atoms with van der Waals surface area (Å²) < 4.78 is 18.4. The maximum atomic E-state index is 13.5. The number of esters is 1. The summed E-state index contributed by atoms with van der Waals surface area (Å²) in [5, 5.41) is 0.510. The Morgan fingerprint density at radius 2 is 1.93 bits per heavy atom. The fraction of sp³-hybridized carbons (Fsp3) is 0.143. The monoisotopic (exact) mass is 385 g/mol. The minimum atomic E-state index is -0.635. The van der Waals surface area contributed by atoms with Gasteiger partial charge in [0, 0.05) is 10.7 Å². The van der Waals surface area contributed by atoms with E-state index in [1.807, 2.05) is 6.92 Å². The molecule has 1 aliphatic heterocycles. The number of methoxy groups -OCH3 is 1. The van der Waals surface area contributed by atoms with Crippen LogP contribution in [-0.4, -0.2) is 19.0 Å². The number of rotatable bonds is 3. The molecular formula is C21H17ClFNO3. The van der Waals surface area contributed by atoms with Gasteiger partial charge in [0.25, 0.3) is 5.91 Å². The summed E-state index contributed by atoms with van der Waals surface area (Å²) in [6.45, 7) is 3.51. The number of allylic oxidation sites excluding steroid dienone is 1. The molecule has 2 aromatic rings. The number of aryl methyl sites for hydroxylation is 1. The first-order chi connectivity index (χ1) is 12.8. The zero-order valence-corrected chi connectivity index (χ0v) is 15.8. The maximum absolute atomic E-state index is 13.5. The quantitative estimate of drug-likeness (QED) is 0.570. The third-order valence-corrected chi connectivity index (χ3v) is 4.77. The second-order valence-corrected chi connectivity index (χ2v) is 6.55. The molecule has 1 aliphatic rings. The molecule has 0 aromatic heterocycles. The van der Waals surface area contributed by atoms with E-state index in [4.69, 9.17) is 16.3 Å². The van der Waals surface area contributed by atoms with Gasteiger partial charge in [-0.15, -0.1) is 0 Å². The number of benzene rings is 2. The van der Waals surface area contributed by atoms with Gasteiger partial charge in [-0.05, 0) is 55.3 Å².